The zero-order chi connectivity index (χ0) is 24.2. The second-order valence-corrected chi connectivity index (χ2v) is 13.9. The molecule has 3 rings (SSSR count). The first-order valence-electron chi connectivity index (χ1n) is 11.5. The van der Waals surface area contributed by atoms with Crippen LogP contribution in [0, 0.1) is 18.8 Å². The fraction of sp³-hybridized carbons (Fsp3) is 0.652. The number of amides is 1. The molecule has 0 unspecified atom stereocenters. The molecule has 1 amide bonds. The molecular formula is C23H35N3O4S3. The van der Waals surface area contributed by atoms with Crippen molar-refractivity contribution >= 4 is 38.8 Å². The van der Waals surface area contributed by atoms with Gasteiger partial charge in [-0.05, 0) is 77.3 Å². The van der Waals surface area contributed by atoms with E-state index in [-0.39, 0.29) is 6.09 Å². The van der Waals surface area contributed by atoms with Gasteiger partial charge < -0.3 is 10.1 Å². The standard InChI is InChI=1S/C23H35N3O4S3/c1-6-26(33(28,29)21-12-11-20(32-21)19-15-31-16(2)25-19)14-18-9-7-17(8-10-18)13-24-22(27)30-23(3,4)5/h11-12,15,17-18H,6-10,13-14H2,1-5H3,(H,24,27). The highest BCUT2D eigenvalue weighted by molar-refractivity contribution is 7.91. The number of carbonyl (C=O) groups is 1. The fourth-order valence-electron chi connectivity index (χ4n) is 4.05. The summed E-state index contributed by atoms with van der Waals surface area (Å²) in [5.74, 6) is 0.736. The molecule has 10 heteroatoms. The van der Waals surface area contributed by atoms with Gasteiger partial charge in [-0.25, -0.2) is 18.2 Å². The Morgan fingerprint density at radius 3 is 2.45 bits per heavy atom. The van der Waals surface area contributed by atoms with Gasteiger partial charge in [0.15, 0.2) is 0 Å². The van der Waals surface area contributed by atoms with Crippen LogP contribution in [0.25, 0.3) is 10.6 Å². The van der Waals surface area contributed by atoms with Crippen LogP contribution in [0.1, 0.15) is 58.4 Å². The van der Waals surface area contributed by atoms with Gasteiger partial charge in [-0.3, -0.25) is 0 Å². The summed E-state index contributed by atoms with van der Waals surface area (Å²) in [6, 6.07) is 3.55. The molecule has 0 atom stereocenters. The van der Waals surface area contributed by atoms with Crippen molar-refractivity contribution in [3.8, 4) is 10.6 Å². The van der Waals surface area contributed by atoms with Gasteiger partial charge >= 0.3 is 6.09 Å². The third kappa shape index (κ3) is 7.24. The summed E-state index contributed by atoms with van der Waals surface area (Å²) in [7, 11) is -3.53. The molecule has 1 N–H and O–H groups in total. The highest BCUT2D eigenvalue weighted by Gasteiger charge is 2.30. The van der Waals surface area contributed by atoms with Crippen molar-refractivity contribution in [1.82, 2.24) is 14.6 Å². The van der Waals surface area contributed by atoms with Crippen LogP contribution in [0.2, 0.25) is 0 Å². The number of sulfonamides is 1. The molecular weight excluding hydrogens is 478 g/mol. The minimum atomic E-state index is -3.53. The van der Waals surface area contributed by atoms with Crippen LogP contribution in [0.5, 0.6) is 0 Å². The molecule has 0 spiro atoms. The first kappa shape index (κ1) is 26.1. The fourth-order valence-corrected chi connectivity index (χ4v) is 7.68. The molecule has 0 aliphatic heterocycles. The summed E-state index contributed by atoms with van der Waals surface area (Å²) in [6.45, 7) is 11.0. The smallest absolute Gasteiger partial charge is 0.407 e. The molecule has 0 aromatic carbocycles. The van der Waals surface area contributed by atoms with Gasteiger partial charge in [0.25, 0.3) is 10.0 Å². The Balaban J connectivity index is 1.53. The SMILES string of the molecule is CCN(CC1CCC(CNC(=O)OC(C)(C)C)CC1)S(=O)(=O)c1ccc(-c2csc(C)n2)s1. The minimum Gasteiger partial charge on any atom is -0.444 e. The summed E-state index contributed by atoms with van der Waals surface area (Å²) >= 11 is 2.85. The van der Waals surface area contributed by atoms with E-state index in [1.165, 1.54) is 11.3 Å². The minimum absolute atomic E-state index is 0.332. The topological polar surface area (TPSA) is 88.6 Å². The van der Waals surface area contributed by atoms with Crippen molar-refractivity contribution in [2.45, 2.75) is 70.1 Å². The van der Waals surface area contributed by atoms with Crippen LogP contribution in [-0.4, -0.2) is 49.0 Å². The van der Waals surface area contributed by atoms with Gasteiger partial charge in [-0.1, -0.05) is 6.92 Å². The lowest BCUT2D eigenvalue weighted by Gasteiger charge is -2.32. The van der Waals surface area contributed by atoms with Crippen molar-refractivity contribution in [2.75, 3.05) is 19.6 Å². The van der Waals surface area contributed by atoms with E-state index in [0.717, 1.165) is 41.3 Å². The van der Waals surface area contributed by atoms with Crippen molar-refractivity contribution < 1.29 is 17.9 Å². The summed E-state index contributed by atoms with van der Waals surface area (Å²) in [5.41, 5.74) is 0.338. The van der Waals surface area contributed by atoms with Crippen molar-refractivity contribution in [3.63, 3.8) is 0 Å². The molecule has 0 radical (unpaired) electrons. The predicted octanol–water partition coefficient (Wildman–Crippen LogP) is 5.52. The van der Waals surface area contributed by atoms with E-state index >= 15 is 0 Å². The number of carbonyl (C=O) groups excluding carboxylic acids is 1. The van der Waals surface area contributed by atoms with Gasteiger partial charge in [0, 0.05) is 25.0 Å². The largest absolute Gasteiger partial charge is 0.444 e. The van der Waals surface area contributed by atoms with Crippen molar-refractivity contribution in [2.24, 2.45) is 11.8 Å². The zero-order valence-corrected chi connectivity index (χ0v) is 22.5. The number of hydrogen-bond acceptors (Lipinski definition) is 7. The Morgan fingerprint density at radius 1 is 1.21 bits per heavy atom. The van der Waals surface area contributed by atoms with Gasteiger partial charge in [0.1, 0.15) is 9.81 Å². The first-order valence-corrected chi connectivity index (χ1v) is 14.6. The molecule has 0 bridgehead atoms. The van der Waals surface area contributed by atoms with Gasteiger partial charge in [0.05, 0.1) is 15.6 Å². The monoisotopic (exact) mass is 513 g/mol. The highest BCUT2D eigenvalue weighted by atomic mass is 32.2. The average molecular weight is 514 g/mol. The third-order valence-corrected chi connectivity index (χ3v) is 10.1. The van der Waals surface area contributed by atoms with Crippen LogP contribution >= 0.6 is 22.7 Å². The highest BCUT2D eigenvalue weighted by Crippen LogP contribution is 2.34. The maximum atomic E-state index is 13.3. The molecule has 1 fully saturated rings. The summed E-state index contributed by atoms with van der Waals surface area (Å²) in [6.07, 6.45) is 3.49. The molecule has 1 aliphatic rings. The Morgan fingerprint density at radius 2 is 1.88 bits per heavy atom. The lowest BCUT2D eigenvalue weighted by molar-refractivity contribution is 0.0512. The van der Waals surface area contributed by atoms with Gasteiger partial charge in [-0.15, -0.1) is 22.7 Å². The van der Waals surface area contributed by atoms with E-state index in [2.05, 4.69) is 10.3 Å². The van der Waals surface area contributed by atoms with Crippen LogP contribution in [0.3, 0.4) is 0 Å². The summed E-state index contributed by atoms with van der Waals surface area (Å²) < 4.78 is 33.9. The van der Waals surface area contributed by atoms with Gasteiger partial charge in [0.2, 0.25) is 0 Å². The molecule has 2 aromatic heterocycles. The molecule has 2 heterocycles. The van der Waals surface area contributed by atoms with Crippen LogP contribution in [0.15, 0.2) is 21.7 Å². The number of alkyl carbamates (subject to hydrolysis) is 1. The number of aryl methyl sites for hydroxylation is 1. The molecule has 0 saturated heterocycles. The lowest BCUT2D eigenvalue weighted by Crippen LogP contribution is -2.38. The number of ether oxygens (including phenoxy) is 1. The summed E-state index contributed by atoms with van der Waals surface area (Å²) in [4.78, 5) is 17.2. The quantitative estimate of drug-likeness (QED) is 0.502. The zero-order valence-electron chi connectivity index (χ0n) is 20.1. The van der Waals surface area contributed by atoms with Crippen LogP contribution < -0.4 is 5.32 Å². The van der Waals surface area contributed by atoms with E-state index in [0.29, 0.717) is 35.7 Å². The number of rotatable bonds is 8. The Kier molecular flexibility index (Phi) is 8.58. The molecule has 184 valence electrons. The molecule has 2 aromatic rings. The normalized spacial score (nSPS) is 19.6. The Hall–Kier alpha value is -1.49. The predicted molar refractivity (Wildman–Crippen MR) is 134 cm³/mol. The summed E-state index contributed by atoms with van der Waals surface area (Å²) in [5, 5.41) is 5.80. The van der Waals surface area contributed by atoms with Crippen molar-refractivity contribution in [3.05, 3.63) is 22.5 Å². The number of thiophene rings is 1. The number of nitrogens with one attached hydrogen (secondary N) is 1. The maximum Gasteiger partial charge on any atom is 0.407 e. The first-order chi connectivity index (χ1) is 15.5. The Bertz CT molecular complexity index is 1030. The molecule has 1 saturated carbocycles. The molecule has 7 nitrogen and oxygen atoms in total. The third-order valence-electron chi connectivity index (χ3n) is 5.76. The van der Waals surface area contributed by atoms with Crippen molar-refractivity contribution in [1.29, 1.82) is 0 Å². The maximum absolute atomic E-state index is 13.3. The Labute approximate surface area is 205 Å². The van der Waals surface area contributed by atoms with Crippen LogP contribution in [0.4, 0.5) is 4.79 Å². The number of nitrogens with zero attached hydrogens (tertiary/aromatic N) is 2. The average Bonchev–Trinajstić information content (AvgIpc) is 3.39. The second kappa shape index (κ2) is 10.8. The number of aromatic nitrogens is 1. The van der Waals surface area contributed by atoms with E-state index in [1.807, 2.05) is 46.1 Å². The van der Waals surface area contributed by atoms with E-state index < -0.39 is 15.6 Å². The van der Waals surface area contributed by atoms with E-state index in [4.69, 9.17) is 4.74 Å². The van der Waals surface area contributed by atoms with E-state index in [1.54, 1.807) is 21.7 Å². The molecule has 1 aliphatic carbocycles. The van der Waals surface area contributed by atoms with Crippen LogP contribution in [-0.2, 0) is 14.8 Å². The number of thiazole rings is 1. The second-order valence-electron chi connectivity index (χ2n) is 9.60. The van der Waals surface area contributed by atoms with Gasteiger partial charge in [-0.2, -0.15) is 4.31 Å². The number of hydrogen-bond donors (Lipinski definition) is 1. The lowest BCUT2D eigenvalue weighted by atomic mass is 9.82. The van der Waals surface area contributed by atoms with E-state index in [9.17, 15) is 13.2 Å². The molecule has 33 heavy (non-hydrogen) atoms.